The van der Waals surface area contributed by atoms with Crippen LogP contribution in [-0.2, 0) is 14.3 Å². The van der Waals surface area contributed by atoms with Gasteiger partial charge in [0.2, 0.25) is 0 Å². The number of fused-ring (bicyclic) bond motifs is 1. The standard InChI is InChI=1S/C19H19ClN4O4S/c1-11-16-7-13(9-21-18(16)23-22-11)19(25)24-10-15(28-29(2,26)27)8-17(24)12-3-5-14(20)6-4-12/h3-7,9,15,17H,8,10H2,1-2H3,(H,21,22,23)/t15-,17?/m0/s1. The lowest BCUT2D eigenvalue weighted by Gasteiger charge is -2.25. The molecule has 3 heterocycles. The Balaban J connectivity index is 1.69. The Morgan fingerprint density at radius 3 is 2.72 bits per heavy atom. The van der Waals surface area contributed by atoms with Crippen LogP contribution in [0.2, 0.25) is 5.02 Å². The molecule has 8 nitrogen and oxygen atoms in total. The number of benzene rings is 1. The number of nitrogens with zero attached hydrogens (tertiary/aromatic N) is 3. The molecule has 3 aromatic rings. The van der Waals surface area contributed by atoms with E-state index >= 15 is 0 Å². The fourth-order valence-electron chi connectivity index (χ4n) is 3.64. The zero-order valence-electron chi connectivity index (χ0n) is 15.8. The summed E-state index contributed by atoms with van der Waals surface area (Å²) < 4.78 is 28.4. The van der Waals surface area contributed by atoms with Gasteiger partial charge in [0, 0.05) is 35.3 Å². The van der Waals surface area contributed by atoms with E-state index in [1.807, 2.05) is 19.1 Å². The van der Waals surface area contributed by atoms with Gasteiger partial charge >= 0.3 is 0 Å². The molecule has 2 aromatic heterocycles. The number of likely N-dealkylation sites (tertiary alicyclic amines) is 1. The van der Waals surface area contributed by atoms with E-state index in [0.717, 1.165) is 22.9 Å². The van der Waals surface area contributed by atoms with Crippen LogP contribution in [-0.4, -0.2) is 53.3 Å². The largest absolute Gasteiger partial charge is 0.329 e. The van der Waals surface area contributed by atoms with Crippen LogP contribution >= 0.6 is 11.6 Å². The minimum atomic E-state index is -3.64. The Morgan fingerprint density at radius 1 is 1.31 bits per heavy atom. The smallest absolute Gasteiger partial charge is 0.264 e. The predicted molar refractivity (Wildman–Crippen MR) is 108 cm³/mol. The molecule has 1 aliphatic heterocycles. The van der Waals surface area contributed by atoms with E-state index in [-0.39, 0.29) is 18.5 Å². The van der Waals surface area contributed by atoms with Crippen molar-refractivity contribution in [1.29, 1.82) is 0 Å². The number of carbonyl (C=O) groups is 1. The van der Waals surface area contributed by atoms with E-state index in [1.54, 1.807) is 23.1 Å². The number of aromatic nitrogens is 3. The molecule has 0 saturated carbocycles. The fourth-order valence-corrected chi connectivity index (χ4v) is 4.40. The van der Waals surface area contributed by atoms with Crippen molar-refractivity contribution in [2.75, 3.05) is 12.8 Å². The normalized spacial score (nSPS) is 19.8. The molecule has 1 aromatic carbocycles. The van der Waals surface area contributed by atoms with Crippen LogP contribution in [0.5, 0.6) is 0 Å². The second-order valence-electron chi connectivity index (χ2n) is 7.13. The van der Waals surface area contributed by atoms with E-state index < -0.39 is 16.2 Å². The second-order valence-corrected chi connectivity index (χ2v) is 9.16. The Bertz CT molecular complexity index is 1180. The summed E-state index contributed by atoms with van der Waals surface area (Å²) in [5.41, 5.74) is 2.61. The number of hydrogen-bond donors (Lipinski definition) is 1. The second kappa shape index (κ2) is 7.40. The van der Waals surface area contributed by atoms with Crippen molar-refractivity contribution in [1.82, 2.24) is 20.1 Å². The van der Waals surface area contributed by atoms with Crippen LogP contribution in [0.1, 0.15) is 34.1 Å². The van der Waals surface area contributed by atoms with Crippen LogP contribution in [0.15, 0.2) is 36.5 Å². The van der Waals surface area contributed by atoms with Gasteiger partial charge in [0.05, 0.1) is 24.0 Å². The third-order valence-electron chi connectivity index (χ3n) is 4.94. The van der Waals surface area contributed by atoms with Crippen molar-refractivity contribution in [3.05, 3.63) is 58.4 Å². The van der Waals surface area contributed by atoms with Crippen molar-refractivity contribution < 1.29 is 17.4 Å². The average Bonchev–Trinajstić information content (AvgIpc) is 3.24. The zero-order valence-corrected chi connectivity index (χ0v) is 17.4. The van der Waals surface area contributed by atoms with E-state index in [1.165, 1.54) is 6.20 Å². The van der Waals surface area contributed by atoms with Gasteiger partial charge in [0.25, 0.3) is 16.0 Å². The van der Waals surface area contributed by atoms with Crippen LogP contribution in [0.25, 0.3) is 11.0 Å². The molecule has 0 radical (unpaired) electrons. The quantitative estimate of drug-likeness (QED) is 0.633. The fraction of sp³-hybridized carbons (Fsp3) is 0.316. The lowest BCUT2D eigenvalue weighted by molar-refractivity contribution is 0.0721. The first-order valence-corrected chi connectivity index (χ1v) is 11.2. The monoisotopic (exact) mass is 434 g/mol. The van der Waals surface area contributed by atoms with E-state index in [2.05, 4.69) is 15.2 Å². The number of H-pyrrole nitrogens is 1. The summed E-state index contributed by atoms with van der Waals surface area (Å²) in [7, 11) is -3.64. The molecule has 1 aliphatic rings. The van der Waals surface area contributed by atoms with Crippen LogP contribution in [0.3, 0.4) is 0 Å². The first-order valence-electron chi connectivity index (χ1n) is 8.96. The van der Waals surface area contributed by atoms with Gasteiger partial charge in [-0.3, -0.25) is 14.1 Å². The molecule has 1 unspecified atom stereocenters. The molecule has 0 bridgehead atoms. The third kappa shape index (κ3) is 4.12. The summed E-state index contributed by atoms with van der Waals surface area (Å²) in [6, 6.07) is 8.55. The van der Waals surface area contributed by atoms with Gasteiger partial charge in [0.1, 0.15) is 0 Å². The molecular weight excluding hydrogens is 416 g/mol. The molecule has 0 aliphatic carbocycles. The predicted octanol–water partition coefficient (Wildman–Crippen LogP) is 2.85. The molecule has 0 spiro atoms. The summed E-state index contributed by atoms with van der Waals surface area (Å²) in [5, 5.41) is 8.28. The maximum absolute atomic E-state index is 13.3. The van der Waals surface area contributed by atoms with Gasteiger partial charge in [-0.15, -0.1) is 0 Å². The molecule has 1 amide bonds. The van der Waals surface area contributed by atoms with Gasteiger partial charge in [-0.2, -0.15) is 13.5 Å². The highest BCUT2D eigenvalue weighted by Crippen LogP contribution is 2.36. The lowest BCUT2D eigenvalue weighted by Crippen LogP contribution is -2.32. The number of aromatic amines is 1. The first-order chi connectivity index (χ1) is 13.7. The average molecular weight is 435 g/mol. The van der Waals surface area contributed by atoms with E-state index in [0.29, 0.717) is 22.7 Å². The SMILES string of the molecule is Cc1[nH]nc2ncc(C(=O)N3C[C@@H](OS(C)(=O)=O)CC3c3ccc(Cl)cc3)cc12. The van der Waals surface area contributed by atoms with Crippen LogP contribution in [0, 0.1) is 6.92 Å². The van der Waals surface area contributed by atoms with Gasteiger partial charge < -0.3 is 4.90 Å². The Hall–Kier alpha value is -2.49. The summed E-state index contributed by atoms with van der Waals surface area (Å²) in [5.74, 6) is -0.250. The number of aryl methyl sites for hydroxylation is 1. The highest BCUT2D eigenvalue weighted by molar-refractivity contribution is 7.86. The van der Waals surface area contributed by atoms with Crippen molar-refractivity contribution in [2.24, 2.45) is 0 Å². The molecule has 1 fully saturated rings. The third-order valence-corrected chi connectivity index (χ3v) is 5.81. The first kappa shape index (κ1) is 19.8. The molecular formula is C19H19ClN4O4S. The van der Waals surface area contributed by atoms with Crippen LogP contribution in [0.4, 0.5) is 0 Å². The van der Waals surface area contributed by atoms with E-state index in [9.17, 15) is 13.2 Å². The Morgan fingerprint density at radius 2 is 2.03 bits per heavy atom. The molecule has 2 atom stereocenters. The maximum atomic E-state index is 13.3. The molecule has 1 saturated heterocycles. The summed E-state index contributed by atoms with van der Waals surface area (Å²) in [4.78, 5) is 19.2. The molecule has 29 heavy (non-hydrogen) atoms. The van der Waals surface area contributed by atoms with Crippen molar-refractivity contribution in [3.8, 4) is 0 Å². The highest BCUT2D eigenvalue weighted by atomic mass is 35.5. The lowest BCUT2D eigenvalue weighted by atomic mass is 10.0. The molecule has 152 valence electrons. The van der Waals surface area contributed by atoms with Crippen LogP contribution < -0.4 is 0 Å². The topological polar surface area (TPSA) is 105 Å². The number of carbonyl (C=O) groups excluding carboxylic acids is 1. The van der Waals surface area contributed by atoms with Crippen molar-refractivity contribution >= 4 is 38.7 Å². The van der Waals surface area contributed by atoms with Gasteiger partial charge in [0.15, 0.2) is 5.65 Å². The summed E-state index contributed by atoms with van der Waals surface area (Å²) in [6.45, 7) is 2.01. The van der Waals surface area contributed by atoms with Gasteiger partial charge in [-0.05, 0) is 30.7 Å². The summed E-state index contributed by atoms with van der Waals surface area (Å²) in [6.07, 6.45) is 2.23. The van der Waals surface area contributed by atoms with Gasteiger partial charge in [-0.1, -0.05) is 23.7 Å². The molecule has 1 N–H and O–H groups in total. The summed E-state index contributed by atoms with van der Waals surface area (Å²) >= 11 is 5.99. The van der Waals surface area contributed by atoms with Crippen molar-refractivity contribution in [2.45, 2.75) is 25.5 Å². The van der Waals surface area contributed by atoms with Gasteiger partial charge in [-0.25, -0.2) is 4.98 Å². The number of pyridine rings is 1. The Kier molecular flexibility index (Phi) is 5.05. The Labute approximate surface area is 173 Å². The number of halogens is 1. The zero-order chi connectivity index (χ0) is 20.8. The molecule has 4 rings (SSSR count). The minimum absolute atomic E-state index is 0.154. The number of hydrogen-bond acceptors (Lipinski definition) is 6. The van der Waals surface area contributed by atoms with E-state index in [4.69, 9.17) is 15.8 Å². The minimum Gasteiger partial charge on any atom is -0.329 e. The highest BCUT2D eigenvalue weighted by Gasteiger charge is 2.38. The molecule has 10 heteroatoms. The maximum Gasteiger partial charge on any atom is 0.264 e. The van der Waals surface area contributed by atoms with Crippen molar-refractivity contribution in [3.63, 3.8) is 0 Å². The number of rotatable bonds is 4. The number of amides is 1. The number of nitrogens with one attached hydrogen (secondary N) is 1.